The van der Waals surface area contributed by atoms with Crippen molar-refractivity contribution in [1.82, 2.24) is 0 Å². The summed E-state index contributed by atoms with van der Waals surface area (Å²) in [6, 6.07) is 6.59. The summed E-state index contributed by atoms with van der Waals surface area (Å²) in [5, 5.41) is 0. The maximum Gasteiger partial charge on any atom is 0.0207 e. The number of aryl methyl sites for hydroxylation is 1. The minimum Gasteiger partial charge on any atom is -0.330 e. The second kappa shape index (κ2) is 3.10. The first-order valence-electron chi connectivity index (χ1n) is 4.65. The van der Waals surface area contributed by atoms with Gasteiger partial charge in [0.1, 0.15) is 0 Å². The Balaban J connectivity index is 2.37. The van der Waals surface area contributed by atoms with E-state index in [0.29, 0.717) is 5.41 Å². The van der Waals surface area contributed by atoms with Crippen LogP contribution in [-0.4, -0.2) is 6.54 Å². The van der Waals surface area contributed by atoms with E-state index < -0.39 is 0 Å². The fraction of sp³-hybridized carbons (Fsp3) is 0.455. The van der Waals surface area contributed by atoms with Crippen LogP contribution in [0.3, 0.4) is 0 Å². The Kier molecular flexibility index (Phi) is 2.20. The Morgan fingerprint density at radius 3 is 2.62 bits per heavy atom. The third-order valence-electron chi connectivity index (χ3n) is 3.03. The van der Waals surface area contributed by atoms with E-state index in [1.807, 2.05) is 0 Å². The van der Waals surface area contributed by atoms with Crippen LogP contribution < -0.4 is 5.73 Å². The number of rotatable bonds is 2. The molecule has 1 saturated carbocycles. The average molecular weight is 240 g/mol. The summed E-state index contributed by atoms with van der Waals surface area (Å²) in [6.07, 6.45) is 2.50. The molecule has 2 rings (SSSR count). The molecule has 13 heavy (non-hydrogen) atoms. The van der Waals surface area contributed by atoms with Crippen molar-refractivity contribution in [3.05, 3.63) is 33.8 Å². The van der Waals surface area contributed by atoms with Crippen LogP contribution in [0.2, 0.25) is 0 Å². The van der Waals surface area contributed by atoms with Gasteiger partial charge in [0.25, 0.3) is 0 Å². The number of hydrogen-bond donors (Lipinski definition) is 1. The average Bonchev–Trinajstić information content (AvgIpc) is 2.90. The zero-order valence-electron chi connectivity index (χ0n) is 7.81. The SMILES string of the molecule is Cc1ccc(C2(CN)CC2)cc1Br. The van der Waals surface area contributed by atoms with E-state index in [1.54, 1.807) is 0 Å². The van der Waals surface area contributed by atoms with Crippen LogP contribution in [0, 0.1) is 6.92 Å². The summed E-state index contributed by atoms with van der Waals surface area (Å²) < 4.78 is 1.20. The third-order valence-corrected chi connectivity index (χ3v) is 3.88. The van der Waals surface area contributed by atoms with Crippen LogP contribution in [-0.2, 0) is 5.41 Å². The van der Waals surface area contributed by atoms with Crippen molar-refractivity contribution in [3.8, 4) is 0 Å². The molecule has 0 aromatic heterocycles. The predicted molar refractivity (Wildman–Crippen MR) is 58.8 cm³/mol. The molecule has 0 spiro atoms. The van der Waals surface area contributed by atoms with Crippen molar-refractivity contribution in [2.24, 2.45) is 5.73 Å². The molecular formula is C11H14BrN. The first-order chi connectivity index (χ1) is 6.18. The zero-order chi connectivity index (χ0) is 9.47. The highest BCUT2D eigenvalue weighted by molar-refractivity contribution is 9.10. The van der Waals surface area contributed by atoms with E-state index in [-0.39, 0.29) is 0 Å². The van der Waals surface area contributed by atoms with Gasteiger partial charge in [-0.3, -0.25) is 0 Å². The maximum absolute atomic E-state index is 5.77. The van der Waals surface area contributed by atoms with E-state index in [0.717, 1.165) is 6.54 Å². The van der Waals surface area contributed by atoms with Gasteiger partial charge in [-0.15, -0.1) is 0 Å². The highest BCUT2D eigenvalue weighted by Gasteiger charge is 2.42. The van der Waals surface area contributed by atoms with E-state index in [2.05, 4.69) is 41.1 Å². The lowest BCUT2D eigenvalue weighted by molar-refractivity contribution is 0.704. The second-order valence-corrected chi connectivity index (χ2v) is 4.80. The molecule has 70 valence electrons. The van der Waals surface area contributed by atoms with Crippen LogP contribution in [0.4, 0.5) is 0 Å². The van der Waals surface area contributed by atoms with E-state index in [9.17, 15) is 0 Å². The molecule has 0 heterocycles. The predicted octanol–water partition coefficient (Wildman–Crippen LogP) is 2.75. The number of hydrogen-bond acceptors (Lipinski definition) is 1. The van der Waals surface area contributed by atoms with Crippen molar-refractivity contribution in [1.29, 1.82) is 0 Å². The first kappa shape index (κ1) is 9.22. The number of nitrogens with two attached hydrogens (primary N) is 1. The smallest absolute Gasteiger partial charge is 0.0207 e. The van der Waals surface area contributed by atoms with Crippen LogP contribution in [0.5, 0.6) is 0 Å². The lowest BCUT2D eigenvalue weighted by atomic mass is 9.95. The highest BCUT2D eigenvalue weighted by atomic mass is 79.9. The van der Waals surface area contributed by atoms with Crippen molar-refractivity contribution < 1.29 is 0 Å². The Morgan fingerprint density at radius 1 is 1.46 bits per heavy atom. The first-order valence-corrected chi connectivity index (χ1v) is 5.44. The van der Waals surface area contributed by atoms with E-state index in [4.69, 9.17) is 5.73 Å². The van der Waals surface area contributed by atoms with Gasteiger partial charge in [-0.1, -0.05) is 28.1 Å². The molecule has 0 radical (unpaired) electrons. The molecule has 0 amide bonds. The Labute approximate surface area is 87.5 Å². The summed E-state index contributed by atoms with van der Waals surface area (Å²) in [5.41, 5.74) is 8.77. The summed E-state index contributed by atoms with van der Waals surface area (Å²) in [6.45, 7) is 2.89. The van der Waals surface area contributed by atoms with Crippen molar-refractivity contribution >= 4 is 15.9 Å². The van der Waals surface area contributed by atoms with Gasteiger partial charge in [-0.2, -0.15) is 0 Å². The molecule has 1 fully saturated rings. The summed E-state index contributed by atoms with van der Waals surface area (Å²) in [4.78, 5) is 0. The molecule has 2 N–H and O–H groups in total. The van der Waals surface area contributed by atoms with Gasteiger partial charge in [0, 0.05) is 16.4 Å². The van der Waals surface area contributed by atoms with Gasteiger partial charge in [0.15, 0.2) is 0 Å². The molecule has 1 aromatic rings. The molecule has 1 nitrogen and oxygen atoms in total. The monoisotopic (exact) mass is 239 g/mol. The van der Waals surface area contributed by atoms with Gasteiger partial charge in [0.05, 0.1) is 0 Å². The molecule has 0 atom stereocenters. The second-order valence-electron chi connectivity index (χ2n) is 3.95. The number of benzene rings is 1. The maximum atomic E-state index is 5.77. The molecular weight excluding hydrogens is 226 g/mol. The minimum atomic E-state index is 0.316. The Hall–Kier alpha value is -0.340. The van der Waals surface area contributed by atoms with E-state index in [1.165, 1.54) is 28.4 Å². The van der Waals surface area contributed by atoms with Crippen LogP contribution in [0.25, 0.3) is 0 Å². The van der Waals surface area contributed by atoms with Gasteiger partial charge < -0.3 is 5.73 Å². The van der Waals surface area contributed by atoms with Gasteiger partial charge >= 0.3 is 0 Å². The topological polar surface area (TPSA) is 26.0 Å². The van der Waals surface area contributed by atoms with Crippen molar-refractivity contribution in [2.75, 3.05) is 6.54 Å². The minimum absolute atomic E-state index is 0.316. The zero-order valence-corrected chi connectivity index (χ0v) is 9.39. The quantitative estimate of drug-likeness (QED) is 0.845. The van der Waals surface area contributed by atoms with Crippen LogP contribution in [0.15, 0.2) is 22.7 Å². The van der Waals surface area contributed by atoms with Crippen LogP contribution >= 0.6 is 15.9 Å². The molecule has 0 bridgehead atoms. The lowest BCUT2D eigenvalue weighted by Gasteiger charge is -2.13. The molecule has 1 aliphatic carbocycles. The largest absolute Gasteiger partial charge is 0.330 e. The van der Waals surface area contributed by atoms with Gasteiger partial charge in [-0.25, -0.2) is 0 Å². The number of halogens is 1. The lowest BCUT2D eigenvalue weighted by Crippen LogP contribution is -2.19. The molecule has 2 heteroatoms. The molecule has 0 aliphatic heterocycles. The third kappa shape index (κ3) is 1.53. The van der Waals surface area contributed by atoms with Crippen molar-refractivity contribution in [3.63, 3.8) is 0 Å². The summed E-state index contributed by atoms with van der Waals surface area (Å²) in [7, 11) is 0. The summed E-state index contributed by atoms with van der Waals surface area (Å²) >= 11 is 3.55. The summed E-state index contributed by atoms with van der Waals surface area (Å²) in [5.74, 6) is 0. The molecule has 0 saturated heterocycles. The fourth-order valence-corrected chi connectivity index (χ4v) is 2.06. The standard InChI is InChI=1S/C11H14BrN/c1-8-2-3-9(6-10(8)12)11(7-13)4-5-11/h2-3,6H,4-5,7,13H2,1H3. The molecule has 1 aromatic carbocycles. The normalized spacial score (nSPS) is 18.7. The molecule has 1 aliphatic rings. The molecule has 0 unspecified atom stereocenters. The van der Waals surface area contributed by atoms with E-state index >= 15 is 0 Å². The van der Waals surface area contributed by atoms with Gasteiger partial charge in [-0.05, 0) is 37.0 Å². The fourth-order valence-electron chi connectivity index (χ4n) is 1.68. The Morgan fingerprint density at radius 2 is 2.15 bits per heavy atom. The highest BCUT2D eigenvalue weighted by Crippen LogP contribution is 2.47. The van der Waals surface area contributed by atoms with Gasteiger partial charge in [0.2, 0.25) is 0 Å². The Bertz CT molecular complexity index is 329. The van der Waals surface area contributed by atoms with Crippen molar-refractivity contribution in [2.45, 2.75) is 25.2 Å². The van der Waals surface area contributed by atoms with Crippen LogP contribution in [0.1, 0.15) is 24.0 Å².